The third kappa shape index (κ3) is 2.23. The fourth-order valence-electron chi connectivity index (χ4n) is 2.10. The van der Waals surface area contributed by atoms with Gasteiger partial charge in [0.25, 0.3) is 0 Å². The van der Waals surface area contributed by atoms with Gasteiger partial charge in [0.05, 0.1) is 5.56 Å². The first-order valence-electron chi connectivity index (χ1n) is 5.97. The monoisotopic (exact) mass is 248 g/mol. The molecule has 1 heterocycles. The molecule has 0 radical (unpaired) electrons. The van der Waals surface area contributed by atoms with E-state index in [1.165, 1.54) is 0 Å². The van der Waals surface area contributed by atoms with Crippen molar-refractivity contribution in [2.45, 2.75) is 33.1 Å². The molecule has 1 aliphatic rings. The average molecular weight is 248 g/mol. The van der Waals surface area contributed by atoms with Crippen LogP contribution in [0.4, 0.5) is 0 Å². The second-order valence-electron chi connectivity index (χ2n) is 4.66. The molecule has 0 aromatic carbocycles. The van der Waals surface area contributed by atoms with Crippen molar-refractivity contribution in [3.63, 3.8) is 0 Å². The van der Waals surface area contributed by atoms with Gasteiger partial charge in [0.1, 0.15) is 12.4 Å². The summed E-state index contributed by atoms with van der Waals surface area (Å²) < 4.78 is 10.5. The fourth-order valence-corrected chi connectivity index (χ4v) is 2.10. The van der Waals surface area contributed by atoms with Gasteiger partial charge in [0, 0.05) is 18.4 Å². The first-order valence-corrected chi connectivity index (χ1v) is 5.97. The lowest BCUT2D eigenvalue weighted by Gasteiger charge is -2.07. The van der Waals surface area contributed by atoms with Crippen LogP contribution in [0.15, 0.2) is 16.6 Å². The Balaban J connectivity index is 2.27. The highest BCUT2D eigenvalue weighted by atomic mass is 16.5. The van der Waals surface area contributed by atoms with E-state index in [0.717, 1.165) is 12.0 Å². The Morgan fingerprint density at radius 3 is 2.78 bits per heavy atom. The van der Waals surface area contributed by atoms with E-state index in [0.29, 0.717) is 29.7 Å². The summed E-state index contributed by atoms with van der Waals surface area (Å²) in [6.45, 7) is 7.32. The highest BCUT2D eigenvalue weighted by Gasteiger charge is 2.29. The van der Waals surface area contributed by atoms with E-state index in [9.17, 15) is 9.59 Å². The molecule has 0 atom stereocenters. The Morgan fingerprint density at radius 1 is 1.44 bits per heavy atom. The van der Waals surface area contributed by atoms with Crippen LogP contribution in [0.5, 0.6) is 0 Å². The Hall–Kier alpha value is -1.84. The van der Waals surface area contributed by atoms with Crippen molar-refractivity contribution in [2.24, 2.45) is 0 Å². The SMILES string of the molecule is C=C(C)COC(=O)c1oc2c(c1C)C(=O)CCC2. The molecule has 0 bridgehead atoms. The fraction of sp³-hybridized carbons (Fsp3) is 0.429. The zero-order chi connectivity index (χ0) is 13.3. The maximum atomic E-state index is 11.8. The van der Waals surface area contributed by atoms with Gasteiger partial charge in [-0.05, 0) is 25.8 Å². The molecule has 0 fully saturated rings. The molecule has 4 heteroatoms. The second kappa shape index (κ2) is 4.80. The van der Waals surface area contributed by atoms with E-state index < -0.39 is 5.97 Å². The molecule has 1 aromatic heterocycles. The van der Waals surface area contributed by atoms with Crippen molar-refractivity contribution in [3.8, 4) is 0 Å². The number of hydrogen-bond acceptors (Lipinski definition) is 4. The minimum Gasteiger partial charge on any atom is -0.455 e. The number of ketones is 1. The highest BCUT2D eigenvalue weighted by molar-refractivity contribution is 6.02. The third-order valence-electron chi connectivity index (χ3n) is 2.94. The van der Waals surface area contributed by atoms with E-state index in [1.54, 1.807) is 13.8 Å². The molecule has 1 aliphatic carbocycles. The van der Waals surface area contributed by atoms with Crippen LogP contribution in [0, 0.1) is 6.92 Å². The van der Waals surface area contributed by atoms with Gasteiger partial charge in [0.2, 0.25) is 5.76 Å². The standard InChI is InChI=1S/C14H16O4/c1-8(2)7-17-14(16)13-9(3)12-10(15)5-4-6-11(12)18-13/h1,4-7H2,2-3H3. The number of rotatable bonds is 3. The van der Waals surface area contributed by atoms with Gasteiger partial charge >= 0.3 is 5.97 Å². The number of hydrogen-bond donors (Lipinski definition) is 0. The summed E-state index contributed by atoms with van der Waals surface area (Å²) in [5, 5.41) is 0. The van der Waals surface area contributed by atoms with Crippen molar-refractivity contribution in [2.75, 3.05) is 6.61 Å². The van der Waals surface area contributed by atoms with Gasteiger partial charge in [0.15, 0.2) is 5.78 Å². The first-order chi connectivity index (χ1) is 8.50. The number of ether oxygens (including phenoxy) is 1. The lowest BCUT2D eigenvalue weighted by atomic mass is 9.94. The van der Waals surface area contributed by atoms with Crippen LogP contribution in [-0.4, -0.2) is 18.4 Å². The zero-order valence-corrected chi connectivity index (χ0v) is 10.7. The lowest BCUT2D eigenvalue weighted by molar-refractivity contribution is 0.0500. The number of furan rings is 1. The maximum Gasteiger partial charge on any atom is 0.374 e. The molecular formula is C14H16O4. The van der Waals surface area contributed by atoms with Crippen LogP contribution in [0.2, 0.25) is 0 Å². The van der Waals surface area contributed by atoms with Gasteiger partial charge in [-0.1, -0.05) is 6.58 Å². The number of aryl methyl sites for hydroxylation is 1. The summed E-state index contributed by atoms with van der Waals surface area (Å²) >= 11 is 0. The number of Topliss-reactive ketones (excluding diaryl/α,β-unsaturated/α-hetero) is 1. The minimum absolute atomic E-state index is 0.0523. The van der Waals surface area contributed by atoms with E-state index >= 15 is 0 Å². The number of fused-ring (bicyclic) bond motifs is 1. The summed E-state index contributed by atoms with van der Waals surface area (Å²) in [7, 11) is 0. The van der Waals surface area contributed by atoms with Gasteiger partial charge in [-0.2, -0.15) is 0 Å². The molecule has 18 heavy (non-hydrogen) atoms. The Bertz CT molecular complexity index is 522. The third-order valence-corrected chi connectivity index (χ3v) is 2.94. The number of esters is 1. The largest absolute Gasteiger partial charge is 0.455 e. The predicted molar refractivity (Wildman–Crippen MR) is 65.8 cm³/mol. The predicted octanol–water partition coefficient (Wildman–Crippen LogP) is 2.84. The van der Waals surface area contributed by atoms with Gasteiger partial charge in [-0.15, -0.1) is 0 Å². The number of carbonyl (C=O) groups is 2. The molecule has 2 rings (SSSR count). The highest BCUT2D eigenvalue weighted by Crippen LogP contribution is 2.29. The van der Waals surface area contributed by atoms with Crippen LogP contribution in [-0.2, 0) is 11.2 Å². The molecule has 0 N–H and O–H groups in total. The van der Waals surface area contributed by atoms with Gasteiger partial charge in [-0.25, -0.2) is 4.79 Å². The Kier molecular flexibility index (Phi) is 3.36. The van der Waals surface area contributed by atoms with Crippen molar-refractivity contribution < 1.29 is 18.7 Å². The molecule has 0 aliphatic heterocycles. The summed E-state index contributed by atoms with van der Waals surface area (Å²) in [5.41, 5.74) is 1.93. The molecule has 0 amide bonds. The Labute approximate surface area is 106 Å². The van der Waals surface area contributed by atoms with Gasteiger partial charge < -0.3 is 9.15 Å². The molecule has 0 spiro atoms. The van der Waals surface area contributed by atoms with Crippen LogP contribution in [0.1, 0.15) is 52.0 Å². The zero-order valence-electron chi connectivity index (χ0n) is 10.7. The molecule has 4 nitrogen and oxygen atoms in total. The van der Waals surface area contributed by atoms with Crippen LogP contribution < -0.4 is 0 Å². The smallest absolute Gasteiger partial charge is 0.374 e. The van der Waals surface area contributed by atoms with Crippen molar-refractivity contribution in [3.05, 3.63) is 34.8 Å². The maximum absolute atomic E-state index is 11.8. The Morgan fingerprint density at radius 2 is 2.17 bits per heavy atom. The minimum atomic E-state index is -0.530. The molecule has 0 unspecified atom stereocenters. The van der Waals surface area contributed by atoms with Crippen LogP contribution in [0.25, 0.3) is 0 Å². The van der Waals surface area contributed by atoms with E-state index in [4.69, 9.17) is 9.15 Å². The topological polar surface area (TPSA) is 56.5 Å². The summed E-state index contributed by atoms with van der Waals surface area (Å²) in [4.78, 5) is 23.6. The van der Waals surface area contributed by atoms with Crippen LogP contribution in [0.3, 0.4) is 0 Å². The first kappa shape index (κ1) is 12.6. The van der Waals surface area contributed by atoms with Crippen LogP contribution >= 0.6 is 0 Å². The van der Waals surface area contributed by atoms with Crippen molar-refractivity contribution in [1.82, 2.24) is 0 Å². The van der Waals surface area contributed by atoms with Crippen molar-refractivity contribution >= 4 is 11.8 Å². The van der Waals surface area contributed by atoms with E-state index in [1.807, 2.05) is 0 Å². The normalized spacial score (nSPS) is 14.2. The number of carbonyl (C=O) groups excluding carboxylic acids is 2. The second-order valence-corrected chi connectivity index (χ2v) is 4.66. The average Bonchev–Trinajstić information content (AvgIpc) is 2.65. The molecule has 1 aromatic rings. The molecule has 0 saturated heterocycles. The van der Waals surface area contributed by atoms with Gasteiger partial charge in [-0.3, -0.25) is 4.79 Å². The summed E-state index contributed by atoms with van der Waals surface area (Å²) in [5.74, 6) is 0.289. The summed E-state index contributed by atoms with van der Waals surface area (Å²) in [6, 6.07) is 0. The molecule has 96 valence electrons. The molecule has 0 saturated carbocycles. The van der Waals surface area contributed by atoms with E-state index in [-0.39, 0.29) is 18.2 Å². The lowest BCUT2D eigenvalue weighted by Crippen LogP contribution is -2.10. The summed E-state index contributed by atoms with van der Waals surface area (Å²) in [6.07, 6.45) is 2.00. The van der Waals surface area contributed by atoms with Crippen molar-refractivity contribution in [1.29, 1.82) is 0 Å². The quantitative estimate of drug-likeness (QED) is 0.609. The van der Waals surface area contributed by atoms with E-state index in [2.05, 4.69) is 6.58 Å². The molecular weight excluding hydrogens is 232 g/mol.